The molecule has 2 aromatic carbocycles. The highest BCUT2D eigenvalue weighted by atomic mass is 15.1. The van der Waals surface area contributed by atoms with Crippen LogP contribution < -0.4 is 17.2 Å². The van der Waals surface area contributed by atoms with E-state index in [-0.39, 0.29) is 29.3 Å². The summed E-state index contributed by atoms with van der Waals surface area (Å²) >= 11 is 0. The third-order valence-electron chi connectivity index (χ3n) is 4.73. The van der Waals surface area contributed by atoms with Gasteiger partial charge in [-0.25, -0.2) is 9.97 Å². The van der Waals surface area contributed by atoms with Gasteiger partial charge in [0.1, 0.15) is 5.69 Å². The second-order valence-corrected chi connectivity index (χ2v) is 7.00. The molecule has 0 aliphatic carbocycles. The Morgan fingerprint density at radius 3 is 2.03 bits per heavy atom. The third kappa shape index (κ3) is 3.53. The van der Waals surface area contributed by atoms with Crippen molar-refractivity contribution in [2.75, 3.05) is 31.3 Å². The van der Waals surface area contributed by atoms with E-state index in [1.54, 1.807) is 0 Å². The molecule has 1 atom stereocenters. The Hall–Kier alpha value is -3.78. The van der Waals surface area contributed by atoms with Crippen molar-refractivity contribution in [3.63, 3.8) is 0 Å². The molecule has 0 radical (unpaired) electrons. The van der Waals surface area contributed by atoms with Crippen LogP contribution in [0.2, 0.25) is 0 Å². The Labute approximate surface area is 168 Å². The van der Waals surface area contributed by atoms with E-state index in [2.05, 4.69) is 63.2 Å². The molecule has 2 aromatic heterocycles. The van der Waals surface area contributed by atoms with Gasteiger partial charge in [-0.15, -0.1) is 0 Å². The molecule has 0 spiro atoms. The predicted octanol–water partition coefficient (Wildman–Crippen LogP) is 2.48. The SMILES string of the molecule is CN(C)C(c1ccccc1)c1ccc(-c2nc3c(N)nc(N)nc3nc2N)cc1. The van der Waals surface area contributed by atoms with Crippen molar-refractivity contribution in [2.45, 2.75) is 6.04 Å². The monoisotopic (exact) mass is 386 g/mol. The van der Waals surface area contributed by atoms with Gasteiger partial charge in [0.05, 0.1) is 6.04 Å². The summed E-state index contributed by atoms with van der Waals surface area (Å²) in [6, 6.07) is 18.6. The lowest BCUT2D eigenvalue weighted by Gasteiger charge is -2.25. The Morgan fingerprint density at radius 1 is 0.724 bits per heavy atom. The van der Waals surface area contributed by atoms with Crippen LogP contribution in [0, 0.1) is 0 Å². The van der Waals surface area contributed by atoms with Gasteiger partial charge in [-0.05, 0) is 25.2 Å². The zero-order chi connectivity index (χ0) is 20.5. The summed E-state index contributed by atoms with van der Waals surface area (Å²) in [6.07, 6.45) is 0. The molecule has 6 N–H and O–H groups in total. The first kappa shape index (κ1) is 18.6. The highest BCUT2D eigenvalue weighted by Crippen LogP contribution is 2.30. The minimum Gasteiger partial charge on any atom is -0.382 e. The number of nitrogens with two attached hydrogens (primary N) is 3. The number of hydrogen-bond acceptors (Lipinski definition) is 8. The molecule has 4 aromatic rings. The van der Waals surface area contributed by atoms with Crippen LogP contribution in [-0.2, 0) is 0 Å². The number of benzene rings is 2. The van der Waals surface area contributed by atoms with E-state index in [0.717, 1.165) is 11.1 Å². The molecule has 1 unspecified atom stereocenters. The second-order valence-electron chi connectivity index (χ2n) is 7.00. The Balaban J connectivity index is 1.75. The highest BCUT2D eigenvalue weighted by Gasteiger charge is 2.17. The normalized spacial score (nSPS) is 12.4. The van der Waals surface area contributed by atoms with Gasteiger partial charge in [0, 0.05) is 5.56 Å². The molecule has 0 aliphatic heterocycles. The summed E-state index contributed by atoms with van der Waals surface area (Å²) in [7, 11) is 4.12. The Morgan fingerprint density at radius 2 is 1.38 bits per heavy atom. The average molecular weight is 386 g/mol. The molecule has 2 heterocycles. The van der Waals surface area contributed by atoms with Crippen LogP contribution >= 0.6 is 0 Å². The average Bonchev–Trinajstić information content (AvgIpc) is 2.69. The number of hydrogen-bond donors (Lipinski definition) is 3. The second kappa shape index (κ2) is 7.33. The quantitative estimate of drug-likeness (QED) is 0.487. The van der Waals surface area contributed by atoms with E-state index in [1.165, 1.54) is 5.56 Å². The molecular formula is C21H22N8. The van der Waals surface area contributed by atoms with Gasteiger partial charge in [-0.3, -0.25) is 4.90 Å². The van der Waals surface area contributed by atoms with Gasteiger partial charge in [-0.1, -0.05) is 54.6 Å². The van der Waals surface area contributed by atoms with Crippen LogP contribution in [0.15, 0.2) is 54.6 Å². The van der Waals surface area contributed by atoms with Gasteiger partial charge in [-0.2, -0.15) is 9.97 Å². The van der Waals surface area contributed by atoms with Gasteiger partial charge in [0.2, 0.25) is 5.95 Å². The molecule has 0 saturated heterocycles. The summed E-state index contributed by atoms with van der Waals surface area (Å²) < 4.78 is 0. The van der Waals surface area contributed by atoms with Crippen LogP contribution in [0.4, 0.5) is 17.6 Å². The van der Waals surface area contributed by atoms with Crippen molar-refractivity contribution < 1.29 is 0 Å². The third-order valence-corrected chi connectivity index (χ3v) is 4.73. The van der Waals surface area contributed by atoms with Crippen molar-refractivity contribution in [1.29, 1.82) is 0 Å². The molecule has 0 aliphatic rings. The van der Waals surface area contributed by atoms with Crippen molar-refractivity contribution in [3.8, 4) is 11.3 Å². The molecule has 4 rings (SSSR count). The zero-order valence-corrected chi connectivity index (χ0v) is 16.2. The van der Waals surface area contributed by atoms with E-state index in [1.807, 2.05) is 30.3 Å². The van der Waals surface area contributed by atoms with E-state index in [9.17, 15) is 0 Å². The number of nitrogens with zero attached hydrogens (tertiary/aromatic N) is 5. The highest BCUT2D eigenvalue weighted by molar-refractivity contribution is 5.87. The molecular weight excluding hydrogens is 364 g/mol. The molecule has 146 valence electrons. The molecule has 29 heavy (non-hydrogen) atoms. The van der Waals surface area contributed by atoms with E-state index in [0.29, 0.717) is 11.2 Å². The summed E-state index contributed by atoms with van der Waals surface area (Å²) in [5, 5.41) is 0. The first-order valence-electron chi connectivity index (χ1n) is 9.12. The lowest BCUT2D eigenvalue weighted by molar-refractivity contribution is 0.342. The topological polar surface area (TPSA) is 133 Å². The molecule has 0 saturated carbocycles. The maximum absolute atomic E-state index is 6.13. The molecule has 0 amide bonds. The fourth-order valence-electron chi connectivity index (χ4n) is 3.46. The maximum atomic E-state index is 6.13. The molecule has 8 heteroatoms. The number of fused-ring (bicyclic) bond motifs is 1. The first-order valence-corrected chi connectivity index (χ1v) is 9.12. The van der Waals surface area contributed by atoms with Crippen molar-refractivity contribution in [3.05, 3.63) is 65.7 Å². The Bertz CT molecular complexity index is 1160. The summed E-state index contributed by atoms with van der Waals surface area (Å²) in [4.78, 5) is 19.0. The summed E-state index contributed by atoms with van der Waals surface area (Å²) in [5.41, 5.74) is 22.1. The van der Waals surface area contributed by atoms with Crippen LogP contribution in [0.1, 0.15) is 17.2 Å². The van der Waals surface area contributed by atoms with Crippen LogP contribution in [0.3, 0.4) is 0 Å². The number of nitrogen functional groups attached to an aromatic ring is 3. The van der Waals surface area contributed by atoms with Gasteiger partial charge < -0.3 is 17.2 Å². The first-order chi connectivity index (χ1) is 13.9. The lowest BCUT2D eigenvalue weighted by atomic mass is 9.96. The molecule has 0 bridgehead atoms. The number of anilines is 3. The largest absolute Gasteiger partial charge is 0.382 e. The minimum atomic E-state index is 0.0384. The van der Waals surface area contributed by atoms with E-state index >= 15 is 0 Å². The Kier molecular flexibility index (Phi) is 4.69. The fraction of sp³-hybridized carbons (Fsp3) is 0.143. The summed E-state index contributed by atoms with van der Waals surface area (Å²) in [6.45, 7) is 0. The van der Waals surface area contributed by atoms with Gasteiger partial charge in [0.15, 0.2) is 22.8 Å². The van der Waals surface area contributed by atoms with Crippen molar-refractivity contribution >= 4 is 28.7 Å². The minimum absolute atomic E-state index is 0.0384. The van der Waals surface area contributed by atoms with Crippen molar-refractivity contribution in [2.24, 2.45) is 0 Å². The lowest BCUT2D eigenvalue weighted by Crippen LogP contribution is -2.20. The number of rotatable bonds is 4. The van der Waals surface area contributed by atoms with Gasteiger partial charge >= 0.3 is 0 Å². The predicted molar refractivity (Wildman–Crippen MR) is 116 cm³/mol. The van der Waals surface area contributed by atoms with E-state index in [4.69, 9.17) is 17.2 Å². The van der Waals surface area contributed by atoms with Crippen LogP contribution in [0.25, 0.3) is 22.4 Å². The van der Waals surface area contributed by atoms with E-state index < -0.39 is 0 Å². The standard InChI is InChI=1S/C21H22N8/c1-29(2)17(13-6-4-3-5-7-13)14-10-8-12(9-11-14)15-18(22)26-20-16(25-15)19(23)27-21(24)28-20/h3-11,17H,1-2H3,(H6,22,23,24,26,27,28). The fourth-order valence-corrected chi connectivity index (χ4v) is 3.46. The van der Waals surface area contributed by atoms with Crippen LogP contribution in [0.5, 0.6) is 0 Å². The number of aromatic nitrogens is 4. The van der Waals surface area contributed by atoms with Gasteiger partial charge in [0.25, 0.3) is 0 Å². The maximum Gasteiger partial charge on any atom is 0.224 e. The smallest absolute Gasteiger partial charge is 0.224 e. The zero-order valence-electron chi connectivity index (χ0n) is 16.2. The summed E-state index contributed by atoms with van der Waals surface area (Å²) in [5.74, 6) is 0.473. The molecule has 8 nitrogen and oxygen atoms in total. The van der Waals surface area contributed by atoms with Crippen LogP contribution in [-0.4, -0.2) is 38.9 Å². The molecule has 0 fully saturated rings. The van der Waals surface area contributed by atoms with Crippen molar-refractivity contribution in [1.82, 2.24) is 24.8 Å².